The molecule has 0 bridgehead atoms. The lowest BCUT2D eigenvalue weighted by Crippen LogP contribution is -2.29. The van der Waals surface area contributed by atoms with Crippen molar-refractivity contribution in [2.75, 3.05) is 29.9 Å². The second kappa shape index (κ2) is 8.55. The Labute approximate surface area is 164 Å². The van der Waals surface area contributed by atoms with Crippen molar-refractivity contribution in [2.24, 2.45) is 0 Å². The number of carbonyl (C=O) groups excluding carboxylic acids is 2. The summed E-state index contributed by atoms with van der Waals surface area (Å²) in [5.74, 6) is -0.276. The predicted octanol–water partition coefficient (Wildman–Crippen LogP) is 4.69. The van der Waals surface area contributed by atoms with Gasteiger partial charge >= 0.3 is 0 Å². The lowest BCUT2D eigenvalue weighted by Gasteiger charge is -2.25. The van der Waals surface area contributed by atoms with Crippen LogP contribution in [-0.4, -0.2) is 36.3 Å². The summed E-state index contributed by atoms with van der Waals surface area (Å²) in [5, 5.41) is 3.38. The molecule has 142 valence electrons. The second-order valence-corrected chi connectivity index (χ2v) is 6.93. The number of para-hydroxylation sites is 1. The van der Waals surface area contributed by atoms with Gasteiger partial charge in [0.2, 0.25) is 5.91 Å². The third kappa shape index (κ3) is 4.15. The van der Waals surface area contributed by atoms with Crippen LogP contribution in [0.1, 0.15) is 37.0 Å². The van der Waals surface area contributed by atoms with E-state index in [2.05, 4.69) is 24.1 Å². The van der Waals surface area contributed by atoms with Crippen LogP contribution in [-0.2, 0) is 4.79 Å². The van der Waals surface area contributed by atoms with E-state index in [0.717, 1.165) is 26.1 Å². The number of carbonyl (C=O) groups is 2. The molecule has 0 aromatic heterocycles. The largest absolute Gasteiger partial charge is 0.320 e. The van der Waals surface area contributed by atoms with Crippen molar-refractivity contribution in [1.82, 2.24) is 4.90 Å². The maximum atomic E-state index is 13.2. The van der Waals surface area contributed by atoms with Crippen LogP contribution in [0, 0.1) is 0 Å². The molecule has 2 aromatic carbocycles. The van der Waals surface area contributed by atoms with E-state index in [1.807, 2.05) is 6.07 Å². The molecule has 0 saturated carbocycles. The molecule has 1 aliphatic heterocycles. The number of rotatable bonds is 6. The fraction of sp³-hybridized carbons (Fsp3) is 0.333. The molecule has 1 heterocycles. The fourth-order valence-electron chi connectivity index (χ4n) is 3.36. The van der Waals surface area contributed by atoms with Gasteiger partial charge in [-0.15, -0.1) is 0 Å². The monoisotopic (exact) mass is 385 g/mol. The van der Waals surface area contributed by atoms with Crippen LogP contribution in [0.4, 0.5) is 17.1 Å². The van der Waals surface area contributed by atoms with Crippen molar-refractivity contribution < 1.29 is 9.59 Å². The molecule has 1 aliphatic rings. The summed E-state index contributed by atoms with van der Waals surface area (Å²) in [7, 11) is 0. The van der Waals surface area contributed by atoms with Gasteiger partial charge < -0.3 is 10.2 Å². The number of fused-ring (bicyclic) bond motifs is 2. The van der Waals surface area contributed by atoms with Gasteiger partial charge in [0.25, 0.3) is 5.91 Å². The van der Waals surface area contributed by atoms with Gasteiger partial charge in [-0.3, -0.25) is 14.5 Å². The van der Waals surface area contributed by atoms with Crippen LogP contribution in [0.2, 0.25) is 5.02 Å². The maximum Gasteiger partial charge on any atom is 0.257 e. The quantitative estimate of drug-likeness (QED) is 0.784. The van der Waals surface area contributed by atoms with Crippen LogP contribution in [0.15, 0.2) is 42.5 Å². The zero-order chi connectivity index (χ0) is 19.4. The molecule has 0 saturated heterocycles. The first-order valence-electron chi connectivity index (χ1n) is 9.30. The molecule has 0 aliphatic carbocycles. The first-order valence-corrected chi connectivity index (χ1v) is 9.68. The van der Waals surface area contributed by atoms with Crippen molar-refractivity contribution in [1.29, 1.82) is 0 Å². The molecule has 0 atom stereocenters. The van der Waals surface area contributed by atoms with Crippen LogP contribution < -0.4 is 10.2 Å². The van der Waals surface area contributed by atoms with Crippen molar-refractivity contribution >= 4 is 40.5 Å². The highest BCUT2D eigenvalue weighted by atomic mass is 35.5. The number of halogens is 1. The number of benzene rings is 2. The summed E-state index contributed by atoms with van der Waals surface area (Å²) in [5.41, 5.74) is 2.26. The summed E-state index contributed by atoms with van der Waals surface area (Å²) in [6.45, 7) is 7.05. The first-order chi connectivity index (χ1) is 13.0. The highest BCUT2D eigenvalue weighted by Gasteiger charge is 2.29. The summed E-state index contributed by atoms with van der Waals surface area (Å²) in [4.78, 5) is 29.7. The molecule has 6 heteroatoms. The highest BCUT2D eigenvalue weighted by Crippen LogP contribution is 2.39. The molecule has 0 unspecified atom stereocenters. The molecule has 5 nitrogen and oxygen atoms in total. The van der Waals surface area contributed by atoms with Crippen LogP contribution in [0.25, 0.3) is 0 Å². The Morgan fingerprint density at radius 1 is 1.11 bits per heavy atom. The van der Waals surface area contributed by atoms with Gasteiger partial charge in [-0.1, -0.05) is 37.6 Å². The predicted molar refractivity (Wildman–Crippen MR) is 110 cm³/mol. The van der Waals surface area contributed by atoms with Gasteiger partial charge in [0.1, 0.15) is 0 Å². The Morgan fingerprint density at radius 2 is 1.85 bits per heavy atom. The van der Waals surface area contributed by atoms with Gasteiger partial charge in [0.05, 0.1) is 22.6 Å². The molecule has 2 amide bonds. The molecule has 1 N–H and O–H groups in total. The maximum absolute atomic E-state index is 13.2. The number of nitrogens with one attached hydrogen (secondary N) is 1. The molecular formula is C21H24ClN3O2. The van der Waals surface area contributed by atoms with E-state index < -0.39 is 0 Å². The second-order valence-electron chi connectivity index (χ2n) is 6.49. The molecule has 0 radical (unpaired) electrons. The molecule has 3 rings (SSSR count). The summed E-state index contributed by atoms with van der Waals surface area (Å²) in [6.07, 6.45) is 1.17. The Balaban J connectivity index is 1.94. The highest BCUT2D eigenvalue weighted by molar-refractivity contribution is 6.31. The van der Waals surface area contributed by atoms with E-state index in [1.54, 1.807) is 41.3 Å². The standard InChI is InChI=1S/C21H24ClN3O2/c1-3-24(4-2)13-7-10-20(26)25-18-9-6-5-8-16(18)21(27)23-17-14-15(22)11-12-19(17)25/h5-6,8-9,11-12,14H,3-4,7,10,13H2,1-2H3,(H,23,27). The van der Waals surface area contributed by atoms with Gasteiger partial charge in [0, 0.05) is 11.4 Å². The van der Waals surface area contributed by atoms with E-state index in [9.17, 15) is 9.59 Å². The Hall–Kier alpha value is -2.37. The molecular weight excluding hydrogens is 362 g/mol. The van der Waals surface area contributed by atoms with Gasteiger partial charge in [-0.25, -0.2) is 0 Å². The molecule has 0 fully saturated rings. The minimum atomic E-state index is -0.243. The van der Waals surface area contributed by atoms with Crippen molar-refractivity contribution in [3.63, 3.8) is 0 Å². The van der Waals surface area contributed by atoms with E-state index in [1.165, 1.54) is 0 Å². The minimum Gasteiger partial charge on any atom is -0.320 e. The first kappa shape index (κ1) is 19.4. The Bertz CT molecular complexity index is 849. The molecule has 27 heavy (non-hydrogen) atoms. The lowest BCUT2D eigenvalue weighted by molar-refractivity contribution is -0.118. The SMILES string of the molecule is CCN(CC)CCCC(=O)N1c2ccc(Cl)cc2NC(=O)c2ccccc21. The van der Waals surface area contributed by atoms with E-state index in [4.69, 9.17) is 11.6 Å². The zero-order valence-electron chi connectivity index (χ0n) is 15.7. The van der Waals surface area contributed by atoms with E-state index >= 15 is 0 Å². The average molecular weight is 386 g/mol. The minimum absolute atomic E-state index is 0.0327. The van der Waals surface area contributed by atoms with E-state index in [0.29, 0.717) is 34.1 Å². The third-order valence-electron chi connectivity index (χ3n) is 4.85. The van der Waals surface area contributed by atoms with Gasteiger partial charge in [-0.05, 0) is 56.4 Å². The lowest BCUT2D eigenvalue weighted by atomic mass is 10.1. The Morgan fingerprint density at radius 3 is 2.59 bits per heavy atom. The third-order valence-corrected chi connectivity index (χ3v) is 5.08. The fourth-order valence-corrected chi connectivity index (χ4v) is 3.53. The van der Waals surface area contributed by atoms with E-state index in [-0.39, 0.29) is 11.8 Å². The normalized spacial score (nSPS) is 13.0. The molecule has 2 aromatic rings. The zero-order valence-corrected chi connectivity index (χ0v) is 16.4. The summed E-state index contributed by atoms with van der Waals surface area (Å²) in [6, 6.07) is 12.4. The smallest absolute Gasteiger partial charge is 0.257 e. The number of amides is 2. The number of hydrogen-bond acceptors (Lipinski definition) is 3. The molecule has 0 spiro atoms. The van der Waals surface area contributed by atoms with Crippen LogP contribution in [0.5, 0.6) is 0 Å². The van der Waals surface area contributed by atoms with Gasteiger partial charge in [-0.2, -0.15) is 0 Å². The number of nitrogens with zero attached hydrogens (tertiary/aromatic N) is 2. The van der Waals surface area contributed by atoms with Crippen LogP contribution >= 0.6 is 11.6 Å². The number of anilines is 3. The summed E-state index contributed by atoms with van der Waals surface area (Å²) < 4.78 is 0. The Kier molecular flexibility index (Phi) is 6.14. The van der Waals surface area contributed by atoms with Crippen LogP contribution in [0.3, 0.4) is 0 Å². The van der Waals surface area contributed by atoms with Crippen molar-refractivity contribution in [3.8, 4) is 0 Å². The average Bonchev–Trinajstić information content (AvgIpc) is 2.79. The van der Waals surface area contributed by atoms with Gasteiger partial charge in [0.15, 0.2) is 0 Å². The van der Waals surface area contributed by atoms with Crippen molar-refractivity contribution in [2.45, 2.75) is 26.7 Å². The summed E-state index contributed by atoms with van der Waals surface area (Å²) >= 11 is 6.11. The topological polar surface area (TPSA) is 52.7 Å². The van der Waals surface area contributed by atoms with Crippen molar-refractivity contribution in [3.05, 3.63) is 53.1 Å². The number of hydrogen-bond donors (Lipinski definition) is 1.